The molecule has 0 fully saturated rings. The number of rotatable bonds is 6. The van der Waals surface area contributed by atoms with Gasteiger partial charge in [-0.2, -0.15) is 0 Å². The molecule has 3 aromatic rings. The molecule has 0 radical (unpaired) electrons. The van der Waals surface area contributed by atoms with Crippen LogP contribution in [-0.2, 0) is 16.1 Å². The molecule has 7 nitrogen and oxygen atoms in total. The molecule has 1 aliphatic heterocycles. The Bertz CT molecular complexity index is 1270. The zero-order valence-corrected chi connectivity index (χ0v) is 17.8. The van der Waals surface area contributed by atoms with Crippen LogP contribution in [0.5, 0.6) is 5.75 Å². The fourth-order valence-corrected chi connectivity index (χ4v) is 3.23. The van der Waals surface area contributed by atoms with Crippen molar-refractivity contribution in [2.75, 3.05) is 0 Å². The summed E-state index contributed by atoms with van der Waals surface area (Å²) in [5.41, 5.74) is 2.07. The van der Waals surface area contributed by atoms with Crippen molar-refractivity contribution in [2.24, 2.45) is 4.99 Å². The Kier molecular flexibility index (Phi) is 6.20. The van der Waals surface area contributed by atoms with Crippen molar-refractivity contribution in [3.63, 3.8) is 0 Å². The highest BCUT2D eigenvalue weighted by atomic mass is 35.5. The van der Waals surface area contributed by atoms with Gasteiger partial charge in [0.05, 0.1) is 15.0 Å². The van der Waals surface area contributed by atoms with Crippen LogP contribution in [-0.4, -0.2) is 16.8 Å². The predicted molar refractivity (Wildman–Crippen MR) is 121 cm³/mol. The summed E-state index contributed by atoms with van der Waals surface area (Å²) in [6, 6.07) is 18.0. The molecule has 3 aromatic carbocycles. The Morgan fingerprint density at radius 2 is 1.81 bits per heavy atom. The maximum Gasteiger partial charge on any atom is 0.363 e. The molecule has 0 amide bonds. The van der Waals surface area contributed by atoms with E-state index in [0.717, 1.165) is 5.56 Å². The quantitative estimate of drug-likeness (QED) is 0.196. The van der Waals surface area contributed by atoms with E-state index in [1.165, 1.54) is 24.3 Å². The van der Waals surface area contributed by atoms with Crippen molar-refractivity contribution in [3.8, 4) is 5.75 Å². The van der Waals surface area contributed by atoms with Crippen LogP contribution in [0.15, 0.2) is 77.4 Å². The van der Waals surface area contributed by atoms with Gasteiger partial charge in [-0.05, 0) is 53.6 Å². The highest BCUT2D eigenvalue weighted by Gasteiger charge is 2.24. The van der Waals surface area contributed by atoms with Gasteiger partial charge in [-0.1, -0.05) is 41.4 Å². The number of non-ortho nitro benzene ring substituents is 1. The summed E-state index contributed by atoms with van der Waals surface area (Å²) in [4.78, 5) is 26.7. The number of hydrogen-bond donors (Lipinski definition) is 0. The maximum atomic E-state index is 12.2. The number of ether oxygens (including phenoxy) is 2. The molecule has 0 saturated heterocycles. The fraction of sp³-hybridized carbons (Fsp3) is 0.0435. The van der Waals surface area contributed by atoms with Gasteiger partial charge in [0.1, 0.15) is 12.4 Å². The van der Waals surface area contributed by atoms with Gasteiger partial charge in [0.15, 0.2) is 5.70 Å². The van der Waals surface area contributed by atoms with Crippen LogP contribution in [0.2, 0.25) is 10.0 Å². The van der Waals surface area contributed by atoms with Crippen molar-refractivity contribution < 1.29 is 19.2 Å². The number of nitro benzene ring substituents is 1. The number of benzene rings is 3. The third-order valence-electron chi connectivity index (χ3n) is 4.50. The molecule has 0 saturated carbocycles. The summed E-state index contributed by atoms with van der Waals surface area (Å²) in [7, 11) is 0. The predicted octanol–water partition coefficient (Wildman–Crippen LogP) is 5.83. The largest absolute Gasteiger partial charge is 0.489 e. The molecule has 0 aromatic heterocycles. The van der Waals surface area contributed by atoms with Crippen LogP contribution in [0.25, 0.3) is 6.08 Å². The smallest absolute Gasteiger partial charge is 0.363 e. The number of nitrogens with zero attached hydrogens (tertiary/aromatic N) is 2. The Morgan fingerprint density at radius 1 is 1.03 bits per heavy atom. The third kappa shape index (κ3) is 4.96. The van der Waals surface area contributed by atoms with Gasteiger partial charge >= 0.3 is 5.97 Å². The van der Waals surface area contributed by atoms with E-state index < -0.39 is 10.9 Å². The minimum Gasteiger partial charge on any atom is -0.489 e. The number of aliphatic imine (C=N–C) groups is 1. The van der Waals surface area contributed by atoms with Crippen LogP contribution >= 0.6 is 23.2 Å². The number of esters is 1. The minimum atomic E-state index is -0.611. The molecule has 32 heavy (non-hydrogen) atoms. The average Bonchev–Trinajstić information content (AvgIpc) is 3.15. The normalized spacial score (nSPS) is 14.2. The number of cyclic esters (lactones) is 1. The molecule has 160 valence electrons. The summed E-state index contributed by atoms with van der Waals surface area (Å²) < 4.78 is 11.0. The summed E-state index contributed by atoms with van der Waals surface area (Å²) in [6.45, 7) is 0.293. The Balaban J connectivity index is 1.49. The van der Waals surface area contributed by atoms with E-state index in [9.17, 15) is 14.9 Å². The van der Waals surface area contributed by atoms with Crippen LogP contribution in [0.3, 0.4) is 0 Å². The number of carbonyl (C=O) groups is 1. The molecule has 0 aliphatic carbocycles. The maximum absolute atomic E-state index is 12.2. The zero-order chi connectivity index (χ0) is 22.7. The summed E-state index contributed by atoms with van der Waals surface area (Å²) in [5.74, 6) is 0.0695. The topological polar surface area (TPSA) is 91.0 Å². The molecule has 0 atom stereocenters. The number of carbonyl (C=O) groups excluding carboxylic acids is 1. The molecule has 0 bridgehead atoms. The van der Waals surface area contributed by atoms with Gasteiger partial charge < -0.3 is 9.47 Å². The van der Waals surface area contributed by atoms with Crippen molar-refractivity contribution in [2.45, 2.75) is 6.61 Å². The molecule has 1 aliphatic rings. The second kappa shape index (κ2) is 9.21. The van der Waals surface area contributed by atoms with E-state index in [0.29, 0.717) is 33.5 Å². The van der Waals surface area contributed by atoms with Gasteiger partial charge in [0, 0.05) is 17.7 Å². The lowest BCUT2D eigenvalue weighted by Gasteiger charge is -2.08. The highest BCUT2D eigenvalue weighted by Crippen LogP contribution is 2.25. The molecule has 0 N–H and O–H groups in total. The monoisotopic (exact) mass is 468 g/mol. The summed E-state index contributed by atoms with van der Waals surface area (Å²) >= 11 is 12.0. The van der Waals surface area contributed by atoms with Crippen molar-refractivity contribution in [1.29, 1.82) is 0 Å². The molecule has 4 rings (SSSR count). The molecule has 0 unspecified atom stereocenters. The summed E-state index contributed by atoms with van der Waals surface area (Å²) in [5, 5.41) is 11.7. The first kappa shape index (κ1) is 21.5. The lowest BCUT2D eigenvalue weighted by Crippen LogP contribution is -2.05. The van der Waals surface area contributed by atoms with Gasteiger partial charge in [-0.25, -0.2) is 9.79 Å². The van der Waals surface area contributed by atoms with E-state index in [2.05, 4.69) is 4.99 Å². The first-order valence-electron chi connectivity index (χ1n) is 9.33. The average molecular weight is 469 g/mol. The van der Waals surface area contributed by atoms with Crippen molar-refractivity contribution in [3.05, 3.63) is 109 Å². The van der Waals surface area contributed by atoms with Crippen molar-refractivity contribution in [1.82, 2.24) is 0 Å². The van der Waals surface area contributed by atoms with E-state index in [4.69, 9.17) is 32.7 Å². The Morgan fingerprint density at radius 3 is 2.53 bits per heavy atom. The lowest BCUT2D eigenvalue weighted by molar-refractivity contribution is -0.384. The Labute approximate surface area is 192 Å². The number of nitro groups is 1. The van der Waals surface area contributed by atoms with E-state index in [1.54, 1.807) is 42.5 Å². The van der Waals surface area contributed by atoms with Gasteiger partial charge in [0.25, 0.3) is 5.69 Å². The second-order valence-corrected chi connectivity index (χ2v) is 7.56. The van der Waals surface area contributed by atoms with Gasteiger partial charge in [0.2, 0.25) is 5.90 Å². The van der Waals surface area contributed by atoms with Crippen LogP contribution in [0.4, 0.5) is 5.69 Å². The number of hydrogen-bond acceptors (Lipinski definition) is 6. The minimum absolute atomic E-state index is 0.0628. The van der Waals surface area contributed by atoms with Gasteiger partial charge in [-0.3, -0.25) is 10.1 Å². The first-order valence-corrected chi connectivity index (χ1v) is 10.1. The van der Waals surface area contributed by atoms with Gasteiger partial charge in [-0.15, -0.1) is 0 Å². The molecule has 9 heteroatoms. The van der Waals surface area contributed by atoms with Crippen LogP contribution in [0.1, 0.15) is 16.7 Å². The first-order chi connectivity index (χ1) is 15.4. The molecule has 1 heterocycles. The number of halogens is 2. The van der Waals surface area contributed by atoms with Crippen LogP contribution in [0, 0.1) is 10.1 Å². The lowest BCUT2D eigenvalue weighted by atomic mass is 10.2. The standard InChI is InChI=1S/C23H14Cl2N2O5/c24-19-9-4-15(11-20(19)25)13-31-18-3-1-2-14(10-18)12-21-23(28)32-22(26-21)16-5-7-17(8-6-16)27(29)30/h1-12H,13H2/b21-12-. The van der Waals surface area contributed by atoms with Crippen LogP contribution < -0.4 is 4.74 Å². The molecular weight excluding hydrogens is 455 g/mol. The van der Waals surface area contributed by atoms with E-state index in [-0.39, 0.29) is 17.3 Å². The highest BCUT2D eigenvalue weighted by molar-refractivity contribution is 6.42. The second-order valence-electron chi connectivity index (χ2n) is 6.75. The van der Waals surface area contributed by atoms with E-state index >= 15 is 0 Å². The molecular formula is C23H14Cl2N2O5. The molecule has 0 spiro atoms. The van der Waals surface area contributed by atoms with Crippen molar-refractivity contribution >= 4 is 46.8 Å². The third-order valence-corrected chi connectivity index (χ3v) is 5.24. The SMILES string of the molecule is O=C1OC(c2ccc([N+](=O)[O-])cc2)=N/C1=C\c1cccc(OCc2ccc(Cl)c(Cl)c2)c1. The summed E-state index contributed by atoms with van der Waals surface area (Å²) in [6.07, 6.45) is 1.58. The fourth-order valence-electron chi connectivity index (χ4n) is 2.91. The Hall–Kier alpha value is -3.68. The van der Waals surface area contributed by atoms with E-state index in [1.807, 2.05) is 6.07 Å². The zero-order valence-electron chi connectivity index (χ0n) is 16.3.